The number of para-hydroxylation sites is 1. The SMILES string of the molecule is Cc1cccnc1[C@@H]1CCC[C@H](c2nc3cccc(N4CCN(C(C)C)CC4)c3[nH]2)N1C. The number of hydrogen-bond acceptors (Lipinski definition) is 5. The van der Waals surface area contributed by atoms with E-state index in [1.807, 2.05) is 12.3 Å². The van der Waals surface area contributed by atoms with E-state index in [-0.39, 0.29) is 6.04 Å². The van der Waals surface area contributed by atoms with Crippen molar-refractivity contribution in [2.45, 2.75) is 58.2 Å². The fraction of sp³-hybridized carbons (Fsp3) is 0.538. The quantitative estimate of drug-likeness (QED) is 0.648. The lowest BCUT2D eigenvalue weighted by Crippen LogP contribution is -2.48. The second-order valence-electron chi connectivity index (χ2n) is 9.74. The van der Waals surface area contributed by atoms with Crippen molar-refractivity contribution < 1.29 is 0 Å². The van der Waals surface area contributed by atoms with Crippen LogP contribution in [0.15, 0.2) is 36.5 Å². The van der Waals surface area contributed by atoms with E-state index >= 15 is 0 Å². The van der Waals surface area contributed by atoms with Crippen molar-refractivity contribution in [1.29, 1.82) is 0 Å². The zero-order chi connectivity index (χ0) is 22.2. The maximum Gasteiger partial charge on any atom is 0.124 e. The highest BCUT2D eigenvalue weighted by molar-refractivity contribution is 5.89. The van der Waals surface area contributed by atoms with Crippen molar-refractivity contribution in [2.24, 2.45) is 0 Å². The van der Waals surface area contributed by atoms with Gasteiger partial charge in [0.05, 0.1) is 34.5 Å². The highest BCUT2D eigenvalue weighted by atomic mass is 15.3. The number of pyridine rings is 1. The van der Waals surface area contributed by atoms with Crippen molar-refractivity contribution in [3.8, 4) is 0 Å². The number of nitrogens with zero attached hydrogens (tertiary/aromatic N) is 5. The summed E-state index contributed by atoms with van der Waals surface area (Å²) in [5.41, 5.74) is 6.04. The van der Waals surface area contributed by atoms with Crippen LogP contribution in [0.4, 0.5) is 5.69 Å². The number of imidazole rings is 1. The molecule has 4 heterocycles. The summed E-state index contributed by atoms with van der Waals surface area (Å²) in [6, 6.07) is 12.0. The Balaban J connectivity index is 1.42. The molecule has 6 heteroatoms. The molecule has 3 aromatic rings. The molecule has 2 aromatic heterocycles. The Kier molecular flexibility index (Phi) is 5.91. The van der Waals surface area contributed by atoms with E-state index in [4.69, 9.17) is 9.97 Å². The molecule has 0 aliphatic carbocycles. The van der Waals surface area contributed by atoms with Crippen molar-refractivity contribution in [3.63, 3.8) is 0 Å². The first-order valence-corrected chi connectivity index (χ1v) is 12.1. The van der Waals surface area contributed by atoms with Gasteiger partial charge in [-0.2, -0.15) is 0 Å². The van der Waals surface area contributed by atoms with Crippen LogP contribution < -0.4 is 4.90 Å². The number of aromatic nitrogens is 3. The Bertz CT molecular complexity index is 1070. The Labute approximate surface area is 191 Å². The van der Waals surface area contributed by atoms with Crippen LogP contribution in [-0.2, 0) is 0 Å². The van der Waals surface area contributed by atoms with Gasteiger partial charge in [-0.25, -0.2) is 4.98 Å². The number of anilines is 1. The third-order valence-corrected chi connectivity index (χ3v) is 7.52. The third kappa shape index (κ3) is 3.90. The predicted molar refractivity (Wildman–Crippen MR) is 131 cm³/mol. The molecule has 2 atom stereocenters. The van der Waals surface area contributed by atoms with Gasteiger partial charge in [0.25, 0.3) is 0 Å². The number of benzene rings is 1. The summed E-state index contributed by atoms with van der Waals surface area (Å²) in [5, 5.41) is 0. The highest BCUT2D eigenvalue weighted by Crippen LogP contribution is 2.40. The van der Waals surface area contributed by atoms with Gasteiger partial charge >= 0.3 is 0 Å². The van der Waals surface area contributed by atoms with Gasteiger partial charge in [0.2, 0.25) is 0 Å². The number of H-pyrrole nitrogens is 1. The number of likely N-dealkylation sites (tertiary alicyclic amines) is 1. The van der Waals surface area contributed by atoms with Gasteiger partial charge in [0.1, 0.15) is 5.82 Å². The lowest BCUT2D eigenvalue weighted by atomic mass is 9.92. The lowest BCUT2D eigenvalue weighted by Gasteiger charge is -2.39. The largest absolute Gasteiger partial charge is 0.367 e. The fourth-order valence-electron chi connectivity index (χ4n) is 5.57. The van der Waals surface area contributed by atoms with E-state index in [1.165, 1.54) is 28.9 Å². The van der Waals surface area contributed by atoms with Crippen molar-refractivity contribution in [3.05, 3.63) is 53.6 Å². The van der Waals surface area contributed by atoms with Crippen LogP contribution in [0.3, 0.4) is 0 Å². The summed E-state index contributed by atoms with van der Waals surface area (Å²) in [5.74, 6) is 1.09. The maximum atomic E-state index is 5.08. The molecule has 2 aliphatic heterocycles. The number of aryl methyl sites for hydroxylation is 1. The van der Waals surface area contributed by atoms with Crippen LogP contribution in [0.5, 0.6) is 0 Å². The van der Waals surface area contributed by atoms with Crippen LogP contribution in [0, 0.1) is 6.92 Å². The molecule has 5 rings (SSSR count). The van der Waals surface area contributed by atoms with E-state index in [9.17, 15) is 0 Å². The molecule has 6 nitrogen and oxygen atoms in total. The van der Waals surface area contributed by atoms with Gasteiger partial charge in [-0.05, 0) is 70.8 Å². The molecule has 0 spiro atoms. The molecule has 0 unspecified atom stereocenters. The van der Waals surface area contributed by atoms with Gasteiger partial charge in [-0.1, -0.05) is 12.1 Å². The average Bonchev–Trinajstić information content (AvgIpc) is 3.24. The van der Waals surface area contributed by atoms with Gasteiger partial charge < -0.3 is 9.88 Å². The summed E-state index contributed by atoms with van der Waals surface area (Å²) in [7, 11) is 2.24. The summed E-state index contributed by atoms with van der Waals surface area (Å²) >= 11 is 0. The number of nitrogens with one attached hydrogen (secondary N) is 1. The molecule has 1 aromatic carbocycles. The minimum Gasteiger partial charge on any atom is -0.367 e. The lowest BCUT2D eigenvalue weighted by molar-refractivity contribution is 0.107. The standard InChI is InChI=1S/C26H36N6/c1-18(2)31-14-16-32(17-15-31)22-11-5-9-20-25(22)29-26(28-20)23-12-6-10-21(30(23)4)24-19(3)8-7-13-27-24/h5,7-9,11,13,18,21,23H,6,10,12,14-17H2,1-4H3,(H,28,29)/t21-,23+/m0/s1. The minimum absolute atomic E-state index is 0.285. The van der Waals surface area contributed by atoms with E-state index < -0.39 is 0 Å². The van der Waals surface area contributed by atoms with Crippen LogP contribution in [-0.4, -0.2) is 64.0 Å². The molecule has 170 valence electrons. The molecule has 2 fully saturated rings. The van der Waals surface area contributed by atoms with E-state index in [1.54, 1.807) is 0 Å². The van der Waals surface area contributed by atoms with E-state index in [2.05, 4.69) is 71.8 Å². The highest BCUT2D eigenvalue weighted by Gasteiger charge is 2.33. The van der Waals surface area contributed by atoms with Crippen LogP contribution in [0.1, 0.15) is 62.3 Å². The summed E-state index contributed by atoms with van der Waals surface area (Å²) in [6.07, 6.45) is 5.39. The fourth-order valence-corrected chi connectivity index (χ4v) is 5.57. The second-order valence-corrected chi connectivity index (χ2v) is 9.74. The molecule has 1 N–H and O–H groups in total. The first-order chi connectivity index (χ1) is 15.5. The molecule has 0 amide bonds. The van der Waals surface area contributed by atoms with Gasteiger partial charge in [0.15, 0.2) is 0 Å². The molecule has 32 heavy (non-hydrogen) atoms. The Morgan fingerprint density at radius 2 is 1.78 bits per heavy atom. The molecular formula is C26H36N6. The third-order valence-electron chi connectivity index (χ3n) is 7.52. The predicted octanol–water partition coefficient (Wildman–Crippen LogP) is 4.69. The van der Waals surface area contributed by atoms with Crippen LogP contribution in [0.25, 0.3) is 11.0 Å². The van der Waals surface area contributed by atoms with Gasteiger partial charge in [0, 0.05) is 38.4 Å². The second kappa shape index (κ2) is 8.83. The number of fused-ring (bicyclic) bond motifs is 1. The Morgan fingerprint density at radius 3 is 2.53 bits per heavy atom. The first kappa shape index (κ1) is 21.4. The minimum atomic E-state index is 0.285. The number of hydrogen-bond donors (Lipinski definition) is 1. The van der Waals surface area contributed by atoms with E-state index in [0.717, 1.165) is 50.4 Å². The maximum absolute atomic E-state index is 5.08. The molecule has 0 saturated carbocycles. The van der Waals surface area contributed by atoms with Gasteiger partial charge in [-0.15, -0.1) is 0 Å². The van der Waals surface area contributed by atoms with Gasteiger partial charge in [-0.3, -0.25) is 14.8 Å². The summed E-state index contributed by atoms with van der Waals surface area (Å²) in [6.45, 7) is 11.1. The van der Waals surface area contributed by atoms with Crippen molar-refractivity contribution >= 4 is 16.7 Å². The molecular weight excluding hydrogens is 396 g/mol. The number of rotatable bonds is 4. The van der Waals surface area contributed by atoms with Crippen molar-refractivity contribution in [2.75, 3.05) is 38.1 Å². The zero-order valence-corrected chi connectivity index (χ0v) is 19.9. The number of aromatic amines is 1. The summed E-state index contributed by atoms with van der Waals surface area (Å²) in [4.78, 5) is 21.1. The topological polar surface area (TPSA) is 51.3 Å². The number of piperazine rings is 1. The summed E-state index contributed by atoms with van der Waals surface area (Å²) < 4.78 is 0. The average molecular weight is 433 g/mol. The molecule has 2 saturated heterocycles. The molecule has 2 aliphatic rings. The van der Waals surface area contributed by atoms with Crippen molar-refractivity contribution in [1.82, 2.24) is 24.8 Å². The van der Waals surface area contributed by atoms with Crippen LogP contribution in [0.2, 0.25) is 0 Å². The zero-order valence-electron chi connectivity index (χ0n) is 19.9. The first-order valence-electron chi connectivity index (χ1n) is 12.1. The number of piperidine rings is 1. The Hall–Kier alpha value is -2.44. The Morgan fingerprint density at radius 1 is 1.00 bits per heavy atom. The normalized spacial score (nSPS) is 23.3. The monoisotopic (exact) mass is 432 g/mol. The molecule has 0 radical (unpaired) electrons. The smallest absolute Gasteiger partial charge is 0.124 e. The van der Waals surface area contributed by atoms with Crippen LogP contribution >= 0.6 is 0 Å². The molecule has 0 bridgehead atoms. The van der Waals surface area contributed by atoms with E-state index in [0.29, 0.717) is 12.1 Å².